The van der Waals surface area contributed by atoms with Gasteiger partial charge in [-0.15, -0.1) is 10.2 Å². The normalized spacial score (nSPS) is 11.0. The second-order valence-corrected chi connectivity index (χ2v) is 8.89. The van der Waals surface area contributed by atoms with Gasteiger partial charge in [-0.25, -0.2) is 0 Å². The molecule has 0 bridgehead atoms. The minimum atomic E-state index is -0.369. The van der Waals surface area contributed by atoms with Crippen LogP contribution >= 0.6 is 23.2 Å². The van der Waals surface area contributed by atoms with Crippen LogP contribution in [0.25, 0.3) is 22.6 Å². The number of aromatic amines is 1. The Morgan fingerprint density at radius 3 is 2.62 bits per heavy atom. The van der Waals surface area contributed by atoms with E-state index in [2.05, 4.69) is 25.9 Å². The quantitative estimate of drug-likeness (QED) is 0.250. The second kappa shape index (κ2) is 10.8. The molecule has 1 amide bonds. The number of H-pyrrole nitrogens is 1. The summed E-state index contributed by atoms with van der Waals surface area (Å²) in [7, 11) is 0. The third kappa shape index (κ3) is 5.63. The highest BCUT2D eigenvalue weighted by Gasteiger charge is 2.15. The van der Waals surface area contributed by atoms with Crippen molar-refractivity contribution in [2.75, 3.05) is 11.9 Å². The zero-order valence-corrected chi connectivity index (χ0v) is 20.7. The highest BCUT2D eigenvalue weighted by atomic mass is 35.5. The summed E-state index contributed by atoms with van der Waals surface area (Å²) in [6, 6.07) is 18.6. The summed E-state index contributed by atoms with van der Waals surface area (Å²) in [4.78, 5) is 25.5. The number of carbonyl (C=O) groups is 1. The molecule has 11 heteroatoms. The Balaban J connectivity index is 1.23. The molecule has 0 saturated heterocycles. The first-order valence-electron chi connectivity index (χ1n) is 11.3. The van der Waals surface area contributed by atoms with Gasteiger partial charge in [-0.1, -0.05) is 35.3 Å². The van der Waals surface area contributed by atoms with Gasteiger partial charge < -0.3 is 14.5 Å². The van der Waals surface area contributed by atoms with E-state index in [4.69, 9.17) is 32.4 Å². The minimum absolute atomic E-state index is 0.132. The van der Waals surface area contributed by atoms with Gasteiger partial charge in [-0.05, 0) is 72.1 Å². The van der Waals surface area contributed by atoms with Crippen LogP contribution in [0.1, 0.15) is 22.3 Å². The number of aryl methyl sites for hydroxylation is 1. The van der Waals surface area contributed by atoms with E-state index in [1.165, 1.54) is 6.07 Å². The number of hydrogen-bond acceptors (Lipinski definition) is 7. The highest BCUT2D eigenvalue weighted by molar-refractivity contribution is 6.42. The number of hydrogen-bond donors (Lipinski definition) is 2. The lowest BCUT2D eigenvalue weighted by Crippen LogP contribution is -2.13. The van der Waals surface area contributed by atoms with Gasteiger partial charge in [-0.3, -0.25) is 9.59 Å². The third-order valence-corrected chi connectivity index (χ3v) is 6.29. The molecule has 0 fully saturated rings. The van der Waals surface area contributed by atoms with Crippen molar-refractivity contribution in [2.45, 2.75) is 12.8 Å². The largest absolute Gasteiger partial charge is 0.494 e. The van der Waals surface area contributed by atoms with Crippen molar-refractivity contribution in [3.63, 3.8) is 0 Å². The van der Waals surface area contributed by atoms with Crippen LogP contribution in [-0.2, 0) is 6.42 Å². The molecule has 2 heterocycles. The van der Waals surface area contributed by atoms with Crippen molar-refractivity contribution in [1.82, 2.24) is 20.6 Å². The molecular formula is C26H19Cl2N5O4. The second-order valence-electron chi connectivity index (χ2n) is 8.07. The molecule has 0 spiro atoms. The Morgan fingerprint density at radius 1 is 1.03 bits per heavy atom. The molecule has 9 nitrogen and oxygen atoms in total. The number of benzene rings is 3. The molecule has 37 heavy (non-hydrogen) atoms. The van der Waals surface area contributed by atoms with Crippen molar-refractivity contribution >= 4 is 45.8 Å². The molecule has 2 N–H and O–H groups in total. The number of tetrazole rings is 1. The van der Waals surface area contributed by atoms with E-state index >= 15 is 0 Å². The zero-order chi connectivity index (χ0) is 25.8. The number of ether oxygens (including phenoxy) is 1. The first kappa shape index (κ1) is 24.5. The molecule has 0 radical (unpaired) electrons. The molecule has 0 aliphatic heterocycles. The predicted octanol–water partition coefficient (Wildman–Crippen LogP) is 5.54. The number of amides is 1. The average Bonchev–Trinajstić information content (AvgIpc) is 3.45. The van der Waals surface area contributed by atoms with E-state index in [-0.39, 0.29) is 28.5 Å². The van der Waals surface area contributed by atoms with Gasteiger partial charge in [0.05, 0.1) is 27.7 Å². The molecule has 2 aromatic heterocycles. The Labute approximate surface area is 220 Å². The summed E-state index contributed by atoms with van der Waals surface area (Å²) in [6.45, 7) is 0.504. The van der Waals surface area contributed by atoms with Crippen molar-refractivity contribution in [2.24, 2.45) is 0 Å². The van der Waals surface area contributed by atoms with Crippen LogP contribution in [0.5, 0.6) is 5.75 Å². The highest BCUT2D eigenvalue weighted by Crippen LogP contribution is 2.26. The molecule has 0 saturated carbocycles. The number of aromatic nitrogens is 4. The van der Waals surface area contributed by atoms with Gasteiger partial charge in [0.2, 0.25) is 5.82 Å². The molecular weight excluding hydrogens is 517 g/mol. The Kier molecular flexibility index (Phi) is 7.16. The Morgan fingerprint density at radius 2 is 1.86 bits per heavy atom. The van der Waals surface area contributed by atoms with Gasteiger partial charge in [0.15, 0.2) is 16.8 Å². The van der Waals surface area contributed by atoms with Gasteiger partial charge in [0, 0.05) is 11.6 Å². The van der Waals surface area contributed by atoms with E-state index in [9.17, 15) is 9.59 Å². The van der Waals surface area contributed by atoms with Crippen molar-refractivity contribution in [1.29, 1.82) is 0 Å². The molecule has 0 aliphatic carbocycles. The van der Waals surface area contributed by atoms with E-state index in [1.807, 2.05) is 12.1 Å². The molecule has 0 aliphatic rings. The molecule has 186 valence electrons. The molecule has 3 aromatic carbocycles. The van der Waals surface area contributed by atoms with E-state index < -0.39 is 0 Å². The first-order chi connectivity index (χ1) is 18.0. The number of carbonyl (C=O) groups excluding carboxylic acids is 1. The zero-order valence-electron chi connectivity index (χ0n) is 19.2. The number of nitrogens with one attached hydrogen (secondary N) is 2. The first-order valence-corrected chi connectivity index (χ1v) is 12.0. The minimum Gasteiger partial charge on any atom is -0.494 e. The molecule has 5 rings (SSSR count). The van der Waals surface area contributed by atoms with Gasteiger partial charge in [-0.2, -0.15) is 5.21 Å². The van der Waals surface area contributed by atoms with Crippen molar-refractivity contribution < 1.29 is 13.9 Å². The van der Waals surface area contributed by atoms with Gasteiger partial charge >= 0.3 is 0 Å². The van der Waals surface area contributed by atoms with Crippen LogP contribution in [0, 0.1) is 0 Å². The van der Waals surface area contributed by atoms with Crippen LogP contribution in [0.15, 0.2) is 75.9 Å². The van der Waals surface area contributed by atoms with Crippen LogP contribution in [0.3, 0.4) is 0 Å². The fraction of sp³-hybridized carbons (Fsp3) is 0.115. The number of fused-ring (bicyclic) bond motifs is 1. The summed E-state index contributed by atoms with van der Waals surface area (Å²) in [5.41, 5.74) is 1.76. The van der Waals surface area contributed by atoms with E-state index in [0.717, 1.165) is 18.4 Å². The number of rotatable bonds is 8. The maximum Gasteiger partial charge on any atom is 0.255 e. The monoisotopic (exact) mass is 535 g/mol. The van der Waals surface area contributed by atoms with Gasteiger partial charge in [0.1, 0.15) is 5.75 Å². The summed E-state index contributed by atoms with van der Waals surface area (Å²) >= 11 is 12.0. The summed E-state index contributed by atoms with van der Waals surface area (Å²) in [5, 5.41) is 17.7. The molecule has 5 aromatic rings. The lowest BCUT2D eigenvalue weighted by Gasteiger charge is -2.10. The Bertz CT molecular complexity index is 1620. The molecule has 0 unspecified atom stereocenters. The standard InChI is InChI=1S/C26H19Cl2N5O4/c27-19-11-6-15(13-20(19)28)3-2-12-36-17-9-7-16(8-10-17)26(35)29-21-5-1-4-18-22(34)14-23(37-24(18)21)25-30-32-33-31-25/h1,4-11,13-14H,2-3,12H2,(H,29,35)(H,30,31,32,33). The lowest BCUT2D eigenvalue weighted by molar-refractivity contribution is 0.102. The fourth-order valence-corrected chi connectivity index (χ4v) is 4.03. The summed E-state index contributed by atoms with van der Waals surface area (Å²) < 4.78 is 11.6. The van der Waals surface area contributed by atoms with Gasteiger partial charge in [0.25, 0.3) is 5.91 Å². The van der Waals surface area contributed by atoms with Crippen molar-refractivity contribution in [3.05, 3.63) is 98.1 Å². The maximum atomic E-state index is 12.9. The van der Waals surface area contributed by atoms with Crippen LogP contribution in [0.4, 0.5) is 5.69 Å². The third-order valence-electron chi connectivity index (χ3n) is 5.55. The van der Waals surface area contributed by atoms with Crippen molar-refractivity contribution in [3.8, 4) is 17.3 Å². The number of halogens is 2. The predicted molar refractivity (Wildman–Crippen MR) is 140 cm³/mol. The lowest BCUT2D eigenvalue weighted by atomic mass is 10.1. The maximum absolute atomic E-state index is 12.9. The number of para-hydroxylation sites is 1. The van der Waals surface area contributed by atoms with Crippen LogP contribution < -0.4 is 15.5 Å². The molecule has 0 atom stereocenters. The smallest absolute Gasteiger partial charge is 0.255 e. The van der Waals surface area contributed by atoms with E-state index in [0.29, 0.717) is 39.0 Å². The average molecular weight is 536 g/mol. The summed E-state index contributed by atoms with van der Waals surface area (Å²) in [5.74, 6) is 0.541. The van der Waals surface area contributed by atoms with E-state index in [1.54, 1.807) is 48.5 Å². The SMILES string of the molecule is O=C(Nc1cccc2c(=O)cc(-c3nn[nH]n3)oc12)c1ccc(OCCCc2ccc(Cl)c(Cl)c2)cc1. The Hall–Kier alpha value is -4.21. The summed E-state index contributed by atoms with van der Waals surface area (Å²) in [6.07, 6.45) is 1.59. The van der Waals surface area contributed by atoms with Crippen LogP contribution in [0.2, 0.25) is 10.0 Å². The number of nitrogens with zero attached hydrogens (tertiary/aromatic N) is 3. The topological polar surface area (TPSA) is 123 Å². The fourth-order valence-electron chi connectivity index (χ4n) is 3.71. The number of anilines is 1. The van der Waals surface area contributed by atoms with Crippen LogP contribution in [-0.4, -0.2) is 33.1 Å².